The van der Waals surface area contributed by atoms with Gasteiger partial charge >= 0.3 is 0 Å². The molecule has 0 atom stereocenters. The fourth-order valence-corrected chi connectivity index (χ4v) is 2.62. The number of rotatable bonds is 7. The van der Waals surface area contributed by atoms with Crippen LogP contribution < -0.4 is 5.32 Å². The van der Waals surface area contributed by atoms with Gasteiger partial charge in [0.25, 0.3) is 0 Å². The summed E-state index contributed by atoms with van der Waals surface area (Å²) in [6, 6.07) is 0. The van der Waals surface area contributed by atoms with Gasteiger partial charge in [0, 0.05) is 56.8 Å². The lowest BCUT2D eigenvalue weighted by Gasteiger charge is -2.05. The minimum atomic E-state index is 0.710. The molecule has 0 aromatic carbocycles. The fourth-order valence-electron chi connectivity index (χ4n) is 2.62. The smallest absolute Gasteiger partial charge is 0.100 e. The quantitative estimate of drug-likeness (QED) is 0.788. The number of methoxy groups -OCH3 is 1. The van der Waals surface area contributed by atoms with Gasteiger partial charge in [0.2, 0.25) is 0 Å². The molecule has 0 unspecified atom stereocenters. The van der Waals surface area contributed by atoms with Crippen molar-refractivity contribution in [3.8, 4) is 11.3 Å². The number of hydrogen-bond acceptors (Lipinski definition) is 4. The first-order valence-corrected chi connectivity index (χ1v) is 7.35. The first-order valence-electron chi connectivity index (χ1n) is 7.35. The molecule has 6 nitrogen and oxygen atoms in total. The first kappa shape index (κ1) is 15.7. The van der Waals surface area contributed by atoms with Crippen molar-refractivity contribution >= 4 is 0 Å². The standard InChI is InChI=1S/C15H25N5O/c1-6-20-12(3)14(11(2)17-20)15-13(10-19(4)18-15)9-16-7-8-21-5/h10,16H,6-9H2,1-5H3. The zero-order valence-corrected chi connectivity index (χ0v) is 13.6. The average molecular weight is 291 g/mol. The predicted molar refractivity (Wildman–Crippen MR) is 83.2 cm³/mol. The molecular weight excluding hydrogens is 266 g/mol. The second kappa shape index (κ2) is 6.87. The van der Waals surface area contributed by atoms with E-state index in [1.165, 1.54) is 11.3 Å². The normalized spacial score (nSPS) is 11.3. The molecule has 0 aliphatic heterocycles. The van der Waals surface area contributed by atoms with E-state index in [0.717, 1.165) is 36.6 Å². The van der Waals surface area contributed by atoms with Crippen LogP contribution in [-0.4, -0.2) is 39.8 Å². The van der Waals surface area contributed by atoms with Gasteiger partial charge in [-0.25, -0.2) is 0 Å². The highest BCUT2D eigenvalue weighted by atomic mass is 16.5. The number of aryl methyl sites for hydroxylation is 3. The molecule has 0 amide bonds. The summed E-state index contributed by atoms with van der Waals surface area (Å²) in [7, 11) is 3.67. The van der Waals surface area contributed by atoms with Crippen LogP contribution in [0.25, 0.3) is 11.3 Å². The average Bonchev–Trinajstić information content (AvgIpc) is 2.94. The molecule has 2 aromatic rings. The van der Waals surface area contributed by atoms with E-state index in [-0.39, 0.29) is 0 Å². The van der Waals surface area contributed by atoms with E-state index in [1.807, 2.05) is 23.3 Å². The third kappa shape index (κ3) is 3.33. The van der Waals surface area contributed by atoms with Crippen LogP contribution in [-0.2, 0) is 24.9 Å². The Morgan fingerprint density at radius 2 is 2.05 bits per heavy atom. The van der Waals surface area contributed by atoms with Crippen molar-refractivity contribution in [2.75, 3.05) is 20.3 Å². The van der Waals surface area contributed by atoms with Gasteiger partial charge in [-0.2, -0.15) is 10.2 Å². The Kier molecular flexibility index (Phi) is 5.14. The van der Waals surface area contributed by atoms with E-state index in [4.69, 9.17) is 4.74 Å². The molecule has 0 bridgehead atoms. The highest BCUT2D eigenvalue weighted by molar-refractivity contribution is 5.67. The van der Waals surface area contributed by atoms with Crippen LogP contribution in [0.2, 0.25) is 0 Å². The summed E-state index contributed by atoms with van der Waals surface area (Å²) in [6.07, 6.45) is 2.07. The molecule has 0 fully saturated rings. The highest BCUT2D eigenvalue weighted by Crippen LogP contribution is 2.28. The Balaban J connectivity index is 2.29. The second-order valence-electron chi connectivity index (χ2n) is 5.21. The monoisotopic (exact) mass is 291 g/mol. The summed E-state index contributed by atoms with van der Waals surface area (Å²) in [4.78, 5) is 0. The van der Waals surface area contributed by atoms with Gasteiger partial charge in [0.05, 0.1) is 12.3 Å². The highest BCUT2D eigenvalue weighted by Gasteiger charge is 2.18. The largest absolute Gasteiger partial charge is 0.383 e. The van der Waals surface area contributed by atoms with Crippen molar-refractivity contribution < 1.29 is 4.74 Å². The second-order valence-corrected chi connectivity index (χ2v) is 5.21. The summed E-state index contributed by atoms with van der Waals surface area (Å²) >= 11 is 0. The molecule has 2 aromatic heterocycles. The van der Waals surface area contributed by atoms with Crippen LogP contribution >= 0.6 is 0 Å². The maximum atomic E-state index is 5.06. The predicted octanol–water partition coefficient (Wildman–Crippen LogP) is 1.66. The van der Waals surface area contributed by atoms with Gasteiger partial charge in [-0.15, -0.1) is 0 Å². The van der Waals surface area contributed by atoms with Gasteiger partial charge in [0.15, 0.2) is 0 Å². The molecule has 0 radical (unpaired) electrons. The van der Waals surface area contributed by atoms with Crippen LogP contribution in [0.15, 0.2) is 6.20 Å². The Bertz CT molecular complexity index is 599. The van der Waals surface area contributed by atoms with Crippen molar-refractivity contribution in [1.82, 2.24) is 24.9 Å². The number of hydrogen-bond donors (Lipinski definition) is 1. The lowest BCUT2D eigenvalue weighted by Crippen LogP contribution is -2.18. The van der Waals surface area contributed by atoms with Gasteiger partial charge < -0.3 is 10.1 Å². The van der Waals surface area contributed by atoms with E-state index in [0.29, 0.717) is 6.61 Å². The van der Waals surface area contributed by atoms with Gasteiger partial charge in [0.1, 0.15) is 5.69 Å². The number of nitrogens with zero attached hydrogens (tertiary/aromatic N) is 4. The van der Waals surface area contributed by atoms with E-state index in [9.17, 15) is 0 Å². The Labute approximate surface area is 126 Å². The summed E-state index contributed by atoms with van der Waals surface area (Å²) in [5.41, 5.74) is 5.58. The molecule has 0 aliphatic rings. The van der Waals surface area contributed by atoms with Gasteiger partial charge in [-0.05, 0) is 20.8 Å². The van der Waals surface area contributed by atoms with Gasteiger partial charge in [-0.1, -0.05) is 0 Å². The van der Waals surface area contributed by atoms with Crippen molar-refractivity contribution in [3.05, 3.63) is 23.1 Å². The van der Waals surface area contributed by atoms with Crippen molar-refractivity contribution in [2.24, 2.45) is 7.05 Å². The number of nitrogens with one attached hydrogen (secondary N) is 1. The van der Waals surface area contributed by atoms with Crippen LogP contribution in [0.4, 0.5) is 0 Å². The molecule has 0 spiro atoms. The number of ether oxygens (including phenoxy) is 1. The summed E-state index contributed by atoms with van der Waals surface area (Å²) < 4.78 is 8.95. The molecular formula is C15H25N5O. The van der Waals surface area contributed by atoms with Crippen molar-refractivity contribution in [3.63, 3.8) is 0 Å². The van der Waals surface area contributed by atoms with E-state index >= 15 is 0 Å². The number of aromatic nitrogens is 4. The lowest BCUT2D eigenvalue weighted by molar-refractivity contribution is 0.199. The Morgan fingerprint density at radius 1 is 1.29 bits per heavy atom. The zero-order chi connectivity index (χ0) is 15.4. The van der Waals surface area contributed by atoms with E-state index in [2.05, 4.69) is 35.6 Å². The zero-order valence-electron chi connectivity index (χ0n) is 13.6. The van der Waals surface area contributed by atoms with Crippen molar-refractivity contribution in [1.29, 1.82) is 0 Å². The van der Waals surface area contributed by atoms with E-state index in [1.54, 1.807) is 7.11 Å². The van der Waals surface area contributed by atoms with Crippen LogP contribution in [0.1, 0.15) is 23.9 Å². The molecule has 1 N–H and O–H groups in total. The summed E-state index contributed by atoms with van der Waals surface area (Å²) in [5, 5.41) is 12.6. The molecule has 21 heavy (non-hydrogen) atoms. The maximum Gasteiger partial charge on any atom is 0.100 e. The minimum Gasteiger partial charge on any atom is -0.383 e. The lowest BCUT2D eigenvalue weighted by atomic mass is 10.1. The Morgan fingerprint density at radius 3 is 2.67 bits per heavy atom. The minimum absolute atomic E-state index is 0.710. The SMILES string of the molecule is CCn1nc(C)c(-c2nn(C)cc2CNCCOC)c1C. The van der Waals surface area contributed by atoms with E-state index < -0.39 is 0 Å². The van der Waals surface area contributed by atoms with Gasteiger partial charge in [-0.3, -0.25) is 9.36 Å². The molecule has 0 saturated heterocycles. The third-order valence-electron chi connectivity index (χ3n) is 3.62. The third-order valence-corrected chi connectivity index (χ3v) is 3.62. The van der Waals surface area contributed by atoms with Crippen LogP contribution in [0.3, 0.4) is 0 Å². The summed E-state index contributed by atoms with van der Waals surface area (Å²) in [5.74, 6) is 0. The molecule has 0 saturated carbocycles. The topological polar surface area (TPSA) is 56.9 Å². The molecule has 0 aliphatic carbocycles. The van der Waals surface area contributed by atoms with Crippen molar-refractivity contribution in [2.45, 2.75) is 33.9 Å². The molecule has 2 heterocycles. The fraction of sp³-hybridized carbons (Fsp3) is 0.600. The Hall–Kier alpha value is -1.66. The summed E-state index contributed by atoms with van der Waals surface area (Å²) in [6.45, 7) is 9.46. The van der Waals surface area contributed by atoms with Crippen LogP contribution in [0.5, 0.6) is 0 Å². The maximum absolute atomic E-state index is 5.06. The molecule has 116 valence electrons. The van der Waals surface area contributed by atoms with Crippen LogP contribution in [0, 0.1) is 13.8 Å². The molecule has 6 heteroatoms. The first-order chi connectivity index (χ1) is 10.1. The molecule has 2 rings (SSSR count).